The van der Waals surface area contributed by atoms with E-state index < -0.39 is 0 Å². The van der Waals surface area contributed by atoms with Crippen LogP contribution in [0.25, 0.3) is 11.4 Å². The summed E-state index contributed by atoms with van der Waals surface area (Å²) in [7, 11) is 0. The average Bonchev–Trinajstić information content (AvgIpc) is 2.96. The lowest BCUT2D eigenvalue weighted by atomic mass is 10.2. The predicted octanol–water partition coefficient (Wildman–Crippen LogP) is 3.55. The largest absolute Gasteiger partial charge is 0.484 e. The van der Waals surface area contributed by atoms with E-state index in [-0.39, 0.29) is 6.61 Å². The van der Waals surface area contributed by atoms with Gasteiger partial charge in [0.15, 0.2) is 6.61 Å². The van der Waals surface area contributed by atoms with E-state index in [0.717, 1.165) is 5.56 Å². The van der Waals surface area contributed by atoms with Crippen molar-refractivity contribution in [3.63, 3.8) is 0 Å². The van der Waals surface area contributed by atoms with Crippen molar-refractivity contribution in [3.05, 3.63) is 59.4 Å². The second kappa shape index (κ2) is 5.85. The van der Waals surface area contributed by atoms with Crippen LogP contribution < -0.4 is 10.5 Å². The van der Waals surface area contributed by atoms with Crippen LogP contribution in [-0.2, 0) is 6.61 Å². The molecule has 5 nitrogen and oxygen atoms in total. The Hall–Kier alpha value is -2.53. The lowest BCUT2D eigenvalue weighted by Gasteiger charge is -2.02. The summed E-state index contributed by atoms with van der Waals surface area (Å²) in [6.45, 7) is 0.198. The van der Waals surface area contributed by atoms with Crippen molar-refractivity contribution in [1.82, 2.24) is 10.1 Å². The van der Waals surface area contributed by atoms with Crippen molar-refractivity contribution >= 4 is 17.3 Å². The van der Waals surface area contributed by atoms with Gasteiger partial charge in [-0.25, -0.2) is 0 Å². The van der Waals surface area contributed by atoms with E-state index in [1.165, 1.54) is 0 Å². The van der Waals surface area contributed by atoms with Crippen molar-refractivity contribution in [1.29, 1.82) is 0 Å². The predicted molar refractivity (Wildman–Crippen MR) is 79.9 cm³/mol. The zero-order chi connectivity index (χ0) is 14.7. The Bertz CT molecular complexity index is 723. The smallest absolute Gasteiger partial charge is 0.264 e. The number of nitrogens with zero attached hydrogens (tertiary/aromatic N) is 2. The van der Waals surface area contributed by atoms with E-state index in [1.54, 1.807) is 36.4 Å². The second-order valence-corrected chi connectivity index (χ2v) is 4.81. The third kappa shape index (κ3) is 3.32. The number of ether oxygens (including phenoxy) is 1. The van der Waals surface area contributed by atoms with Crippen LogP contribution in [-0.4, -0.2) is 10.1 Å². The van der Waals surface area contributed by atoms with Crippen LogP contribution in [0, 0.1) is 0 Å². The van der Waals surface area contributed by atoms with Gasteiger partial charge in [-0.1, -0.05) is 16.8 Å². The standard InChI is InChI=1S/C15H12ClN3O2/c16-11-3-7-13(8-4-11)20-9-14-18-15(19-21-14)10-1-5-12(17)6-2-10/h1-8H,9,17H2. The molecule has 0 atom stereocenters. The number of rotatable bonds is 4. The number of halogens is 1. The first-order valence-electron chi connectivity index (χ1n) is 6.27. The molecule has 1 heterocycles. The fourth-order valence-corrected chi connectivity index (χ4v) is 1.86. The molecule has 0 bridgehead atoms. The minimum Gasteiger partial charge on any atom is -0.484 e. The van der Waals surface area contributed by atoms with Gasteiger partial charge in [0.1, 0.15) is 5.75 Å². The molecule has 2 aromatic carbocycles. The molecular weight excluding hydrogens is 290 g/mol. The van der Waals surface area contributed by atoms with Gasteiger partial charge in [0.25, 0.3) is 5.89 Å². The van der Waals surface area contributed by atoms with Gasteiger partial charge in [0.2, 0.25) is 5.82 Å². The minimum atomic E-state index is 0.198. The number of hydrogen-bond acceptors (Lipinski definition) is 5. The normalized spacial score (nSPS) is 10.5. The van der Waals surface area contributed by atoms with E-state index >= 15 is 0 Å². The summed E-state index contributed by atoms with van der Waals surface area (Å²) in [6, 6.07) is 14.3. The summed E-state index contributed by atoms with van der Waals surface area (Å²) in [5, 5.41) is 4.57. The molecule has 2 N–H and O–H groups in total. The van der Waals surface area contributed by atoms with Crippen molar-refractivity contribution in [2.24, 2.45) is 0 Å². The molecule has 0 fully saturated rings. The maximum Gasteiger partial charge on any atom is 0.264 e. The van der Waals surface area contributed by atoms with Crippen molar-refractivity contribution in [2.45, 2.75) is 6.61 Å². The molecule has 3 rings (SSSR count). The first-order valence-corrected chi connectivity index (χ1v) is 6.65. The second-order valence-electron chi connectivity index (χ2n) is 4.38. The highest BCUT2D eigenvalue weighted by atomic mass is 35.5. The lowest BCUT2D eigenvalue weighted by Crippen LogP contribution is -1.95. The number of nitrogen functional groups attached to an aromatic ring is 1. The van der Waals surface area contributed by atoms with E-state index in [1.807, 2.05) is 12.1 Å². The van der Waals surface area contributed by atoms with Gasteiger partial charge in [-0.15, -0.1) is 0 Å². The van der Waals surface area contributed by atoms with Gasteiger partial charge in [0, 0.05) is 16.3 Å². The highest BCUT2D eigenvalue weighted by molar-refractivity contribution is 6.30. The molecule has 0 aliphatic rings. The first-order chi connectivity index (χ1) is 10.2. The van der Waals surface area contributed by atoms with Crippen LogP contribution in [0.2, 0.25) is 5.02 Å². The zero-order valence-corrected chi connectivity index (χ0v) is 11.7. The summed E-state index contributed by atoms with van der Waals surface area (Å²) in [6.07, 6.45) is 0. The fraction of sp³-hybridized carbons (Fsp3) is 0.0667. The van der Waals surface area contributed by atoms with Crippen LogP contribution in [0.4, 0.5) is 5.69 Å². The summed E-state index contributed by atoms with van der Waals surface area (Å²) in [4.78, 5) is 4.27. The van der Waals surface area contributed by atoms with Gasteiger partial charge in [-0.2, -0.15) is 4.98 Å². The highest BCUT2D eigenvalue weighted by Crippen LogP contribution is 2.19. The van der Waals surface area contributed by atoms with Crippen LogP contribution in [0.3, 0.4) is 0 Å². The summed E-state index contributed by atoms with van der Waals surface area (Å²) in [5.41, 5.74) is 7.17. The zero-order valence-electron chi connectivity index (χ0n) is 11.0. The van der Waals surface area contributed by atoms with Gasteiger partial charge in [-0.05, 0) is 48.5 Å². The maximum atomic E-state index is 5.81. The summed E-state index contributed by atoms with van der Waals surface area (Å²) >= 11 is 5.81. The molecule has 0 aliphatic carbocycles. The van der Waals surface area contributed by atoms with Gasteiger partial charge in [0.05, 0.1) is 0 Å². The Morgan fingerprint density at radius 3 is 2.48 bits per heavy atom. The van der Waals surface area contributed by atoms with Crippen molar-refractivity contribution in [2.75, 3.05) is 5.73 Å². The average molecular weight is 302 g/mol. The number of anilines is 1. The molecular formula is C15H12ClN3O2. The number of aromatic nitrogens is 2. The minimum absolute atomic E-state index is 0.198. The molecule has 0 saturated heterocycles. The summed E-state index contributed by atoms with van der Waals surface area (Å²) in [5.74, 6) is 1.59. The number of benzene rings is 2. The molecule has 6 heteroatoms. The van der Waals surface area contributed by atoms with E-state index in [2.05, 4.69) is 10.1 Å². The van der Waals surface area contributed by atoms with E-state index in [0.29, 0.717) is 28.2 Å². The molecule has 0 aliphatic heterocycles. The van der Waals surface area contributed by atoms with Crippen LogP contribution in [0.5, 0.6) is 5.75 Å². The highest BCUT2D eigenvalue weighted by Gasteiger charge is 2.09. The topological polar surface area (TPSA) is 74.2 Å². The first kappa shape index (κ1) is 13.5. The molecule has 1 aromatic heterocycles. The van der Waals surface area contributed by atoms with Gasteiger partial charge in [-0.3, -0.25) is 0 Å². The molecule has 0 amide bonds. The van der Waals surface area contributed by atoms with E-state index in [9.17, 15) is 0 Å². The number of nitrogens with two attached hydrogens (primary N) is 1. The van der Waals surface area contributed by atoms with Crippen LogP contribution in [0.1, 0.15) is 5.89 Å². The third-order valence-electron chi connectivity index (χ3n) is 2.81. The molecule has 3 aromatic rings. The van der Waals surface area contributed by atoms with Gasteiger partial charge >= 0.3 is 0 Å². The third-order valence-corrected chi connectivity index (χ3v) is 3.06. The molecule has 106 valence electrons. The van der Waals surface area contributed by atoms with Crippen LogP contribution >= 0.6 is 11.6 Å². The van der Waals surface area contributed by atoms with Crippen molar-refractivity contribution < 1.29 is 9.26 Å². The fourth-order valence-electron chi connectivity index (χ4n) is 1.74. The molecule has 0 spiro atoms. The quantitative estimate of drug-likeness (QED) is 0.746. The molecule has 21 heavy (non-hydrogen) atoms. The van der Waals surface area contributed by atoms with E-state index in [4.69, 9.17) is 26.6 Å². The Kier molecular flexibility index (Phi) is 3.75. The Morgan fingerprint density at radius 1 is 1.05 bits per heavy atom. The van der Waals surface area contributed by atoms with Crippen LogP contribution in [0.15, 0.2) is 53.1 Å². The summed E-state index contributed by atoms with van der Waals surface area (Å²) < 4.78 is 10.7. The van der Waals surface area contributed by atoms with Crippen molar-refractivity contribution in [3.8, 4) is 17.1 Å². The number of hydrogen-bond donors (Lipinski definition) is 1. The molecule has 0 radical (unpaired) electrons. The van der Waals surface area contributed by atoms with Gasteiger partial charge < -0.3 is 15.0 Å². The Morgan fingerprint density at radius 2 is 1.76 bits per heavy atom. The Labute approximate surface area is 126 Å². The Balaban J connectivity index is 1.67. The lowest BCUT2D eigenvalue weighted by molar-refractivity contribution is 0.243. The maximum absolute atomic E-state index is 5.81. The SMILES string of the molecule is Nc1ccc(-c2noc(COc3ccc(Cl)cc3)n2)cc1. The molecule has 0 saturated carbocycles. The monoisotopic (exact) mass is 301 g/mol. The molecule has 0 unspecified atom stereocenters.